The van der Waals surface area contributed by atoms with E-state index in [9.17, 15) is 18.0 Å². The highest BCUT2D eigenvalue weighted by atomic mass is 32.2. The van der Waals surface area contributed by atoms with Gasteiger partial charge in [-0.25, -0.2) is 14.8 Å². The number of alkyl halides is 3. The predicted molar refractivity (Wildman–Crippen MR) is 153 cm³/mol. The summed E-state index contributed by atoms with van der Waals surface area (Å²) in [6, 6.07) is 17.5. The van der Waals surface area contributed by atoms with E-state index in [0.717, 1.165) is 16.4 Å². The van der Waals surface area contributed by atoms with Gasteiger partial charge in [-0.15, -0.1) is 0 Å². The van der Waals surface area contributed by atoms with E-state index in [1.54, 1.807) is 48.5 Å². The number of hydrogen-bond acceptors (Lipinski definition) is 8. The molecule has 0 saturated heterocycles. The summed E-state index contributed by atoms with van der Waals surface area (Å²) < 4.78 is 51.7. The lowest BCUT2D eigenvalue weighted by Gasteiger charge is -2.15. The van der Waals surface area contributed by atoms with Crippen LogP contribution in [0.15, 0.2) is 99.7 Å². The molecule has 1 heterocycles. The third-order valence-electron chi connectivity index (χ3n) is 5.53. The number of nitrogens with zero attached hydrogens (tertiary/aromatic N) is 3. The van der Waals surface area contributed by atoms with Gasteiger partial charge >= 0.3 is 12.2 Å². The number of rotatable bonds is 8. The summed E-state index contributed by atoms with van der Waals surface area (Å²) in [6.07, 6.45) is -2.55. The Morgan fingerprint density at radius 1 is 0.927 bits per heavy atom. The van der Waals surface area contributed by atoms with Gasteiger partial charge in [-0.2, -0.15) is 13.2 Å². The van der Waals surface area contributed by atoms with E-state index in [-0.39, 0.29) is 11.5 Å². The van der Waals surface area contributed by atoms with Crippen LogP contribution in [0.3, 0.4) is 0 Å². The lowest BCUT2D eigenvalue weighted by Crippen LogP contribution is -2.34. The predicted octanol–water partition coefficient (Wildman–Crippen LogP) is 6.51. The van der Waals surface area contributed by atoms with Crippen molar-refractivity contribution in [2.75, 3.05) is 31.9 Å². The Hall–Kier alpha value is -4.78. The molecule has 0 spiro atoms. The number of allylic oxidation sites excluding steroid dienone is 1. The number of ether oxygens (including phenoxy) is 2. The Morgan fingerprint density at radius 3 is 2.32 bits per heavy atom. The van der Waals surface area contributed by atoms with E-state index in [1.807, 2.05) is 6.07 Å². The molecule has 212 valence electrons. The molecule has 4 rings (SSSR count). The summed E-state index contributed by atoms with van der Waals surface area (Å²) in [4.78, 5) is 25.9. The zero-order chi connectivity index (χ0) is 29.4. The van der Waals surface area contributed by atoms with E-state index < -0.39 is 17.9 Å². The summed E-state index contributed by atoms with van der Waals surface area (Å²) in [7, 11) is 4.35. The maximum Gasteiger partial charge on any atom is 0.431 e. The number of fused-ring (bicyclic) bond motifs is 1. The number of para-hydroxylation sites is 1. The molecule has 3 N–H and O–H groups in total. The summed E-state index contributed by atoms with van der Waals surface area (Å²) >= 11 is 1.34. The molecular formula is C28H25F3N6O3S. The van der Waals surface area contributed by atoms with Gasteiger partial charge in [-0.1, -0.05) is 36.0 Å². The Morgan fingerprint density at radius 2 is 1.63 bits per heavy atom. The van der Waals surface area contributed by atoms with Crippen LogP contribution in [0.2, 0.25) is 0 Å². The first-order valence-corrected chi connectivity index (χ1v) is 12.8. The first-order chi connectivity index (χ1) is 19.7. The number of hydrogen-bond donors (Lipinski definition) is 3. The molecule has 0 bridgehead atoms. The van der Waals surface area contributed by atoms with Crippen LogP contribution in [0.1, 0.15) is 0 Å². The number of amides is 2. The van der Waals surface area contributed by atoms with Crippen molar-refractivity contribution in [1.29, 1.82) is 0 Å². The van der Waals surface area contributed by atoms with Crippen molar-refractivity contribution in [3.05, 3.63) is 84.8 Å². The van der Waals surface area contributed by atoms with Crippen molar-refractivity contribution >= 4 is 45.9 Å². The van der Waals surface area contributed by atoms with Gasteiger partial charge in [0.15, 0.2) is 11.5 Å². The van der Waals surface area contributed by atoms with Crippen molar-refractivity contribution in [2.24, 2.45) is 4.99 Å². The summed E-state index contributed by atoms with van der Waals surface area (Å²) in [6.45, 7) is 0. The quantitative estimate of drug-likeness (QED) is 0.124. The third kappa shape index (κ3) is 7.66. The average Bonchev–Trinajstić information content (AvgIpc) is 2.96. The Labute approximate surface area is 237 Å². The zero-order valence-corrected chi connectivity index (χ0v) is 22.9. The van der Waals surface area contributed by atoms with Crippen molar-refractivity contribution in [1.82, 2.24) is 15.3 Å². The van der Waals surface area contributed by atoms with Crippen LogP contribution in [-0.4, -0.2) is 49.3 Å². The summed E-state index contributed by atoms with van der Waals surface area (Å²) in [5, 5.41) is 8.68. The minimum atomic E-state index is -4.71. The van der Waals surface area contributed by atoms with Crippen LogP contribution in [0.5, 0.6) is 11.5 Å². The molecule has 0 unspecified atom stereocenters. The molecule has 0 atom stereocenters. The molecule has 0 radical (unpaired) electrons. The first-order valence-electron chi connectivity index (χ1n) is 12.0. The molecule has 0 saturated carbocycles. The number of methoxy groups -OCH3 is 2. The molecule has 4 aromatic rings. The number of anilines is 2. The monoisotopic (exact) mass is 582 g/mol. The molecular weight excluding hydrogens is 557 g/mol. The van der Waals surface area contributed by atoms with E-state index in [1.165, 1.54) is 51.5 Å². The number of benzene rings is 3. The topological polar surface area (TPSA) is 110 Å². The lowest BCUT2D eigenvalue weighted by atomic mass is 10.2. The van der Waals surface area contributed by atoms with E-state index in [0.29, 0.717) is 27.7 Å². The highest BCUT2D eigenvalue weighted by molar-refractivity contribution is 7.99. The summed E-state index contributed by atoms with van der Waals surface area (Å²) in [5.41, 5.74) is 0.213. The second-order valence-corrected chi connectivity index (χ2v) is 9.33. The largest absolute Gasteiger partial charge is 0.493 e. The van der Waals surface area contributed by atoms with Gasteiger partial charge in [0.25, 0.3) is 0 Å². The second kappa shape index (κ2) is 13.0. The summed E-state index contributed by atoms with van der Waals surface area (Å²) in [5.74, 6) is 0.773. The number of urea groups is 1. The second-order valence-electron chi connectivity index (χ2n) is 8.27. The van der Waals surface area contributed by atoms with Crippen LogP contribution >= 0.6 is 11.8 Å². The fourth-order valence-electron chi connectivity index (χ4n) is 3.63. The minimum absolute atomic E-state index is 0.236. The number of carbonyl (C=O) groups excluding carboxylic acids is 1. The van der Waals surface area contributed by atoms with Crippen LogP contribution in [0.25, 0.3) is 10.9 Å². The smallest absolute Gasteiger partial charge is 0.431 e. The number of halogens is 3. The molecule has 0 aliphatic rings. The van der Waals surface area contributed by atoms with Crippen molar-refractivity contribution < 1.29 is 27.4 Å². The number of carbonyl (C=O) groups is 1. The van der Waals surface area contributed by atoms with Gasteiger partial charge in [-0.3, -0.25) is 10.3 Å². The van der Waals surface area contributed by atoms with Crippen molar-refractivity contribution in [3.63, 3.8) is 0 Å². The minimum Gasteiger partial charge on any atom is -0.493 e. The molecule has 0 fully saturated rings. The fourth-order valence-corrected chi connectivity index (χ4v) is 4.56. The number of aromatic nitrogens is 2. The van der Waals surface area contributed by atoms with Gasteiger partial charge in [0, 0.05) is 40.8 Å². The molecule has 0 aliphatic carbocycles. The van der Waals surface area contributed by atoms with Gasteiger partial charge in [-0.05, 0) is 36.4 Å². The van der Waals surface area contributed by atoms with Crippen molar-refractivity contribution in [2.45, 2.75) is 16.1 Å². The molecule has 0 aliphatic heterocycles. The van der Waals surface area contributed by atoms with Gasteiger partial charge in [0.2, 0.25) is 0 Å². The van der Waals surface area contributed by atoms with Gasteiger partial charge in [0.1, 0.15) is 22.9 Å². The lowest BCUT2D eigenvalue weighted by molar-refractivity contribution is -0.0901. The fraction of sp³-hybridized carbons (Fsp3) is 0.143. The highest BCUT2D eigenvalue weighted by Gasteiger charge is 2.34. The highest BCUT2D eigenvalue weighted by Crippen LogP contribution is 2.37. The third-order valence-corrected chi connectivity index (χ3v) is 6.54. The van der Waals surface area contributed by atoms with E-state index in [2.05, 4.69) is 30.9 Å². The van der Waals surface area contributed by atoms with E-state index in [4.69, 9.17) is 9.47 Å². The number of nitrogens with one attached hydrogen (secondary N) is 3. The van der Waals surface area contributed by atoms with Crippen LogP contribution in [-0.2, 0) is 0 Å². The average molecular weight is 583 g/mol. The first kappa shape index (κ1) is 29.2. The Bertz CT molecular complexity index is 1600. The number of amidine groups is 1. The molecule has 2 amide bonds. The van der Waals surface area contributed by atoms with Gasteiger partial charge in [0.05, 0.1) is 19.7 Å². The van der Waals surface area contributed by atoms with E-state index >= 15 is 0 Å². The molecule has 1 aromatic heterocycles. The molecule has 3 aromatic carbocycles. The number of aliphatic imine (C=N–C) groups is 1. The van der Waals surface area contributed by atoms with Crippen LogP contribution in [0.4, 0.5) is 29.3 Å². The zero-order valence-electron chi connectivity index (χ0n) is 22.1. The Kier molecular flexibility index (Phi) is 9.30. The van der Waals surface area contributed by atoms with Crippen LogP contribution in [0, 0.1) is 0 Å². The SMILES string of the molecule is CN=C(C=C(Nc1ccccc1)C(F)(F)F)NC(=O)Nc1cccc(Sc2ncnc3cc(OC)c(OC)cc23)c1. The molecule has 9 nitrogen and oxygen atoms in total. The molecule has 13 heteroatoms. The Balaban J connectivity index is 1.49. The standard InChI is InChI=1S/C28H25F3N6O3S/c1-32-25(15-24(28(29,30)31)35-17-8-5-4-6-9-17)37-27(38)36-18-10-7-11-19(12-18)41-26-20-13-22(39-2)23(40-3)14-21(20)33-16-34-26/h4-16,35H,1-3H3,(H2,32,36,37,38). The van der Waals surface area contributed by atoms with Crippen LogP contribution < -0.4 is 25.4 Å². The maximum absolute atomic E-state index is 13.6. The molecule has 41 heavy (non-hydrogen) atoms. The van der Waals surface area contributed by atoms with Gasteiger partial charge < -0.3 is 20.1 Å². The van der Waals surface area contributed by atoms with Crippen molar-refractivity contribution in [3.8, 4) is 11.5 Å². The normalized spacial score (nSPS) is 12.1. The maximum atomic E-state index is 13.6.